The lowest BCUT2D eigenvalue weighted by Crippen LogP contribution is -2.16. The minimum absolute atomic E-state index is 0.724. The van der Waals surface area contributed by atoms with Gasteiger partial charge in [0, 0.05) is 18.8 Å². The number of rotatable bonds is 4. The summed E-state index contributed by atoms with van der Waals surface area (Å²) in [7, 11) is 0. The number of halogens is 1. The lowest BCUT2D eigenvalue weighted by Gasteiger charge is -2.09. The zero-order valence-corrected chi connectivity index (χ0v) is 13.7. The summed E-state index contributed by atoms with van der Waals surface area (Å²) in [6, 6.07) is 2.92. The molecule has 5 heteroatoms. The normalized spacial score (nSPS) is 14.8. The minimum Gasteiger partial charge on any atom is -0.310 e. The fraction of sp³-hybridized carbons (Fsp3) is 0.467. The monoisotopic (exact) mass is 334 g/mol. The fourth-order valence-corrected chi connectivity index (χ4v) is 2.57. The van der Waals surface area contributed by atoms with Gasteiger partial charge in [-0.25, -0.2) is 9.67 Å². The molecule has 2 aromatic rings. The van der Waals surface area contributed by atoms with Crippen molar-refractivity contribution < 1.29 is 0 Å². The molecule has 0 aliphatic heterocycles. The van der Waals surface area contributed by atoms with Crippen molar-refractivity contribution in [2.24, 2.45) is 0 Å². The highest BCUT2D eigenvalue weighted by molar-refractivity contribution is 9.10. The Kier molecular flexibility index (Phi) is 3.65. The van der Waals surface area contributed by atoms with E-state index in [1.54, 1.807) is 0 Å². The second kappa shape index (κ2) is 5.30. The third-order valence-electron chi connectivity index (χ3n) is 3.68. The molecule has 2 aromatic heterocycles. The summed E-state index contributed by atoms with van der Waals surface area (Å²) in [5, 5.41) is 8.06. The first-order chi connectivity index (χ1) is 9.56. The minimum atomic E-state index is 0.724. The van der Waals surface area contributed by atoms with Crippen molar-refractivity contribution in [3.05, 3.63) is 39.3 Å². The quantitative estimate of drug-likeness (QED) is 0.933. The summed E-state index contributed by atoms with van der Waals surface area (Å²) in [6.45, 7) is 7.04. The SMILES string of the molecule is Cc1cc(CNC2CC2)cnc1-n1nc(C)c(Br)c1C. The second-order valence-corrected chi connectivity index (χ2v) is 6.33. The van der Waals surface area contributed by atoms with Gasteiger partial charge in [-0.05, 0) is 66.7 Å². The molecule has 4 nitrogen and oxygen atoms in total. The summed E-state index contributed by atoms with van der Waals surface area (Å²) in [5.41, 5.74) is 4.46. The van der Waals surface area contributed by atoms with Crippen molar-refractivity contribution in [1.29, 1.82) is 0 Å². The highest BCUT2D eigenvalue weighted by Crippen LogP contribution is 2.24. The maximum Gasteiger partial charge on any atom is 0.156 e. The van der Waals surface area contributed by atoms with Crippen molar-refractivity contribution in [2.75, 3.05) is 0 Å². The number of aryl methyl sites for hydroxylation is 2. The lowest BCUT2D eigenvalue weighted by molar-refractivity contribution is 0.683. The van der Waals surface area contributed by atoms with Gasteiger partial charge in [0.2, 0.25) is 0 Å². The molecular formula is C15H19BrN4. The summed E-state index contributed by atoms with van der Waals surface area (Å²) in [6.07, 6.45) is 4.57. The molecule has 0 atom stereocenters. The Hall–Kier alpha value is -1.20. The number of nitrogens with one attached hydrogen (secondary N) is 1. The third kappa shape index (κ3) is 2.65. The first-order valence-electron chi connectivity index (χ1n) is 6.97. The molecule has 0 unspecified atom stereocenters. The molecular weight excluding hydrogens is 316 g/mol. The Labute approximate surface area is 127 Å². The first kappa shape index (κ1) is 13.8. The summed E-state index contributed by atoms with van der Waals surface area (Å²) in [4.78, 5) is 4.60. The van der Waals surface area contributed by atoms with Gasteiger partial charge in [0.1, 0.15) is 0 Å². The second-order valence-electron chi connectivity index (χ2n) is 5.54. The first-order valence-corrected chi connectivity index (χ1v) is 7.76. The van der Waals surface area contributed by atoms with Crippen LogP contribution in [0.15, 0.2) is 16.7 Å². The molecule has 1 saturated carbocycles. The van der Waals surface area contributed by atoms with Gasteiger partial charge in [-0.2, -0.15) is 5.10 Å². The summed E-state index contributed by atoms with van der Waals surface area (Å²) in [5.74, 6) is 0.909. The third-order valence-corrected chi connectivity index (χ3v) is 4.83. The highest BCUT2D eigenvalue weighted by atomic mass is 79.9. The van der Waals surface area contributed by atoms with Gasteiger partial charge in [-0.3, -0.25) is 0 Å². The van der Waals surface area contributed by atoms with E-state index in [1.165, 1.54) is 18.4 Å². The number of hydrogen-bond donors (Lipinski definition) is 1. The van der Waals surface area contributed by atoms with Crippen LogP contribution >= 0.6 is 15.9 Å². The van der Waals surface area contributed by atoms with E-state index < -0.39 is 0 Å². The Morgan fingerprint density at radius 1 is 1.35 bits per heavy atom. The predicted octanol–water partition coefficient (Wildman–Crippen LogP) is 3.21. The molecule has 0 aromatic carbocycles. The molecule has 20 heavy (non-hydrogen) atoms. The molecule has 0 saturated heterocycles. The van der Waals surface area contributed by atoms with Crippen LogP contribution in [-0.4, -0.2) is 20.8 Å². The van der Waals surface area contributed by atoms with Crippen LogP contribution in [0.3, 0.4) is 0 Å². The van der Waals surface area contributed by atoms with Crippen molar-refractivity contribution >= 4 is 15.9 Å². The summed E-state index contributed by atoms with van der Waals surface area (Å²) < 4.78 is 2.96. The standard InChI is InChI=1S/C15H19BrN4/c1-9-6-12(7-17-13-4-5-13)8-18-15(9)20-11(3)14(16)10(2)19-20/h6,8,13,17H,4-5,7H2,1-3H3. The fourth-order valence-electron chi connectivity index (χ4n) is 2.32. The van der Waals surface area contributed by atoms with Gasteiger partial charge in [-0.15, -0.1) is 0 Å². The summed E-state index contributed by atoms with van der Waals surface area (Å²) >= 11 is 3.56. The van der Waals surface area contributed by atoms with E-state index in [2.05, 4.69) is 44.3 Å². The van der Waals surface area contributed by atoms with Crippen LogP contribution in [0.5, 0.6) is 0 Å². The molecule has 1 fully saturated rings. The van der Waals surface area contributed by atoms with Crippen LogP contribution in [0, 0.1) is 20.8 Å². The molecule has 2 heterocycles. The van der Waals surface area contributed by atoms with Gasteiger partial charge in [0.25, 0.3) is 0 Å². The number of pyridine rings is 1. The van der Waals surface area contributed by atoms with Crippen LogP contribution in [0.2, 0.25) is 0 Å². The molecule has 0 bridgehead atoms. The smallest absolute Gasteiger partial charge is 0.156 e. The molecule has 1 aliphatic rings. The largest absolute Gasteiger partial charge is 0.310 e. The van der Waals surface area contributed by atoms with E-state index >= 15 is 0 Å². The lowest BCUT2D eigenvalue weighted by atomic mass is 10.2. The van der Waals surface area contributed by atoms with Gasteiger partial charge in [0.15, 0.2) is 5.82 Å². The Morgan fingerprint density at radius 3 is 2.65 bits per heavy atom. The predicted molar refractivity (Wildman–Crippen MR) is 83.1 cm³/mol. The molecule has 0 spiro atoms. The van der Waals surface area contributed by atoms with Crippen molar-refractivity contribution in [1.82, 2.24) is 20.1 Å². The molecule has 1 aliphatic carbocycles. The molecule has 3 rings (SSSR count). The Balaban J connectivity index is 1.87. The zero-order valence-electron chi connectivity index (χ0n) is 12.1. The van der Waals surface area contributed by atoms with Gasteiger partial charge in [-0.1, -0.05) is 0 Å². The maximum atomic E-state index is 4.60. The van der Waals surface area contributed by atoms with Crippen molar-refractivity contribution in [2.45, 2.75) is 46.2 Å². The van der Waals surface area contributed by atoms with Crippen LogP contribution in [0.4, 0.5) is 0 Å². The van der Waals surface area contributed by atoms with Crippen molar-refractivity contribution in [3.8, 4) is 5.82 Å². The topological polar surface area (TPSA) is 42.7 Å². The number of hydrogen-bond acceptors (Lipinski definition) is 3. The van der Waals surface area contributed by atoms with Gasteiger partial charge < -0.3 is 5.32 Å². The number of nitrogens with zero attached hydrogens (tertiary/aromatic N) is 3. The van der Waals surface area contributed by atoms with Gasteiger partial charge >= 0.3 is 0 Å². The average Bonchev–Trinajstić information content (AvgIpc) is 3.21. The highest BCUT2D eigenvalue weighted by Gasteiger charge is 2.20. The van der Waals surface area contributed by atoms with E-state index in [9.17, 15) is 0 Å². The van der Waals surface area contributed by atoms with Crippen LogP contribution in [0.1, 0.15) is 35.4 Å². The van der Waals surface area contributed by atoms with E-state index in [0.717, 1.165) is 39.8 Å². The molecule has 0 amide bonds. The van der Waals surface area contributed by atoms with E-state index in [1.807, 2.05) is 24.7 Å². The molecule has 106 valence electrons. The van der Waals surface area contributed by atoms with E-state index in [-0.39, 0.29) is 0 Å². The maximum absolute atomic E-state index is 4.60. The Morgan fingerprint density at radius 2 is 2.10 bits per heavy atom. The van der Waals surface area contributed by atoms with E-state index in [4.69, 9.17) is 0 Å². The van der Waals surface area contributed by atoms with Crippen LogP contribution in [0.25, 0.3) is 5.82 Å². The van der Waals surface area contributed by atoms with Crippen molar-refractivity contribution in [3.63, 3.8) is 0 Å². The van der Waals surface area contributed by atoms with Crippen LogP contribution in [-0.2, 0) is 6.54 Å². The van der Waals surface area contributed by atoms with E-state index in [0.29, 0.717) is 0 Å². The Bertz CT molecular complexity index is 644. The average molecular weight is 335 g/mol. The number of aromatic nitrogens is 3. The van der Waals surface area contributed by atoms with Gasteiger partial charge in [0.05, 0.1) is 15.9 Å². The molecule has 1 N–H and O–H groups in total. The molecule has 0 radical (unpaired) electrons. The van der Waals surface area contributed by atoms with Crippen LogP contribution < -0.4 is 5.32 Å². The zero-order chi connectivity index (χ0) is 14.3.